The van der Waals surface area contributed by atoms with E-state index in [1.807, 2.05) is 24.3 Å². The SMILES string of the molecule is CCCc1ccc(NC(=O)c2cc(Cl)ccc2NN)cc1. The minimum absolute atomic E-state index is 0.256. The number of carbonyl (C=O) groups is 1. The molecule has 110 valence electrons. The zero-order valence-corrected chi connectivity index (χ0v) is 12.6. The molecule has 0 saturated carbocycles. The Balaban J connectivity index is 2.15. The highest BCUT2D eigenvalue weighted by Crippen LogP contribution is 2.21. The van der Waals surface area contributed by atoms with E-state index in [0.717, 1.165) is 18.5 Å². The van der Waals surface area contributed by atoms with Gasteiger partial charge in [-0.2, -0.15) is 0 Å². The number of rotatable bonds is 5. The molecule has 0 aliphatic heterocycles. The Labute approximate surface area is 129 Å². The lowest BCUT2D eigenvalue weighted by Crippen LogP contribution is -2.17. The van der Waals surface area contributed by atoms with Gasteiger partial charge in [-0.15, -0.1) is 0 Å². The molecule has 5 heteroatoms. The summed E-state index contributed by atoms with van der Waals surface area (Å²) in [5, 5.41) is 3.32. The molecule has 0 radical (unpaired) electrons. The quantitative estimate of drug-likeness (QED) is 0.581. The largest absolute Gasteiger partial charge is 0.323 e. The first-order valence-electron chi connectivity index (χ1n) is 6.80. The van der Waals surface area contributed by atoms with E-state index in [4.69, 9.17) is 17.4 Å². The molecule has 0 atom stereocenters. The molecule has 0 aliphatic rings. The average Bonchev–Trinajstić information content (AvgIpc) is 2.49. The van der Waals surface area contributed by atoms with Crippen LogP contribution in [0.25, 0.3) is 0 Å². The molecule has 0 bridgehead atoms. The van der Waals surface area contributed by atoms with E-state index in [0.29, 0.717) is 16.3 Å². The molecule has 2 aromatic carbocycles. The van der Waals surface area contributed by atoms with E-state index in [1.165, 1.54) is 5.56 Å². The Morgan fingerprint density at radius 3 is 2.52 bits per heavy atom. The number of nitrogens with two attached hydrogens (primary N) is 1. The summed E-state index contributed by atoms with van der Waals surface area (Å²) < 4.78 is 0. The maximum absolute atomic E-state index is 12.3. The topological polar surface area (TPSA) is 67.2 Å². The lowest BCUT2D eigenvalue weighted by molar-refractivity contribution is 0.102. The van der Waals surface area contributed by atoms with Gasteiger partial charge in [0.2, 0.25) is 0 Å². The van der Waals surface area contributed by atoms with Crippen molar-refractivity contribution in [1.29, 1.82) is 0 Å². The minimum Gasteiger partial charge on any atom is -0.323 e. The molecule has 0 fully saturated rings. The Morgan fingerprint density at radius 1 is 1.19 bits per heavy atom. The number of nitrogens with one attached hydrogen (secondary N) is 2. The summed E-state index contributed by atoms with van der Waals surface area (Å²) in [4.78, 5) is 12.3. The van der Waals surface area contributed by atoms with Crippen molar-refractivity contribution in [2.45, 2.75) is 19.8 Å². The number of hydrogen-bond donors (Lipinski definition) is 3. The van der Waals surface area contributed by atoms with Gasteiger partial charge in [-0.1, -0.05) is 37.1 Å². The lowest BCUT2D eigenvalue weighted by atomic mass is 10.1. The highest BCUT2D eigenvalue weighted by Gasteiger charge is 2.12. The first-order chi connectivity index (χ1) is 10.1. The van der Waals surface area contributed by atoms with Crippen LogP contribution in [0.3, 0.4) is 0 Å². The van der Waals surface area contributed by atoms with Crippen molar-refractivity contribution in [3.8, 4) is 0 Å². The molecule has 0 spiro atoms. The molecule has 2 aromatic rings. The number of benzene rings is 2. The number of nitrogen functional groups attached to an aromatic ring is 1. The smallest absolute Gasteiger partial charge is 0.257 e. The average molecular weight is 304 g/mol. The van der Waals surface area contributed by atoms with Gasteiger partial charge in [-0.3, -0.25) is 10.6 Å². The van der Waals surface area contributed by atoms with Crippen molar-refractivity contribution in [3.05, 3.63) is 58.6 Å². The van der Waals surface area contributed by atoms with E-state index in [1.54, 1.807) is 18.2 Å². The molecule has 0 unspecified atom stereocenters. The van der Waals surface area contributed by atoms with Crippen molar-refractivity contribution < 1.29 is 4.79 Å². The van der Waals surface area contributed by atoms with E-state index in [-0.39, 0.29) is 5.91 Å². The molecule has 0 heterocycles. The monoisotopic (exact) mass is 303 g/mol. The number of hydrogen-bond acceptors (Lipinski definition) is 3. The zero-order chi connectivity index (χ0) is 15.2. The predicted molar refractivity (Wildman–Crippen MR) is 87.7 cm³/mol. The highest BCUT2D eigenvalue weighted by molar-refractivity contribution is 6.31. The normalized spacial score (nSPS) is 10.2. The maximum Gasteiger partial charge on any atom is 0.257 e. The van der Waals surface area contributed by atoms with E-state index < -0.39 is 0 Å². The molecular weight excluding hydrogens is 286 g/mol. The summed E-state index contributed by atoms with van der Waals surface area (Å²) in [5.41, 5.74) is 5.42. The summed E-state index contributed by atoms with van der Waals surface area (Å²) in [5.74, 6) is 5.16. The minimum atomic E-state index is -0.256. The van der Waals surface area contributed by atoms with E-state index in [2.05, 4.69) is 17.7 Å². The molecule has 1 amide bonds. The Hall–Kier alpha value is -2.04. The molecule has 0 aromatic heterocycles. The lowest BCUT2D eigenvalue weighted by Gasteiger charge is -2.10. The van der Waals surface area contributed by atoms with Crippen LogP contribution < -0.4 is 16.6 Å². The second-order valence-corrected chi connectivity index (χ2v) is 5.17. The second-order valence-electron chi connectivity index (χ2n) is 4.74. The van der Waals surface area contributed by atoms with Gasteiger partial charge in [-0.25, -0.2) is 0 Å². The van der Waals surface area contributed by atoms with Crippen LogP contribution in [-0.2, 0) is 6.42 Å². The van der Waals surface area contributed by atoms with Crippen molar-refractivity contribution in [1.82, 2.24) is 0 Å². The fourth-order valence-electron chi connectivity index (χ4n) is 2.07. The third kappa shape index (κ3) is 3.97. The summed E-state index contributed by atoms with van der Waals surface area (Å²) in [6, 6.07) is 12.7. The molecule has 4 N–H and O–H groups in total. The number of anilines is 2. The van der Waals surface area contributed by atoms with Crippen LogP contribution in [0.2, 0.25) is 5.02 Å². The van der Waals surface area contributed by atoms with Crippen LogP contribution in [-0.4, -0.2) is 5.91 Å². The number of hydrazine groups is 1. The van der Waals surface area contributed by atoms with Crippen LogP contribution in [0.5, 0.6) is 0 Å². The first-order valence-corrected chi connectivity index (χ1v) is 7.18. The number of carbonyl (C=O) groups excluding carboxylic acids is 1. The first kappa shape index (κ1) is 15.4. The third-order valence-corrected chi connectivity index (χ3v) is 3.37. The fourth-order valence-corrected chi connectivity index (χ4v) is 2.24. The summed E-state index contributed by atoms with van der Waals surface area (Å²) in [6.45, 7) is 2.14. The Kier molecular flexibility index (Phi) is 5.20. The highest BCUT2D eigenvalue weighted by atomic mass is 35.5. The third-order valence-electron chi connectivity index (χ3n) is 3.13. The fraction of sp³-hybridized carbons (Fsp3) is 0.188. The summed E-state index contributed by atoms with van der Waals surface area (Å²) in [7, 11) is 0. The van der Waals surface area contributed by atoms with Gasteiger partial charge >= 0.3 is 0 Å². The van der Waals surface area contributed by atoms with Gasteiger partial charge in [-0.05, 0) is 42.3 Å². The molecule has 2 rings (SSSR count). The predicted octanol–water partition coefficient (Wildman–Crippen LogP) is 3.83. The van der Waals surface area contributed by atoms with Crippen molar-refractivity contribution in [3.63, 3.8) is 0 Å². The van der Waals surface area contributed by atoms with E-state index >= 15 is 0 Å². The van der Waals surface area contributed by atoms with Crippen LogP contribution in [0, 0.1) is 0 Å². The van der Waals surface area contributed by atoms with Gasteiger partial charge in [0.05, 0.1) is 11.3 Å². The van der Waals surface area contributed by atoms with Crippen molar-refractivity contribution >= 4 is 28.9 Å². The van der Waals surface area contributed by atoms with Crippen LogP contribution in [0.15, 0.2) is 42.5 Å². The van der Waals surface area contributed by atoms with Crippen molar-refractivity contribution in [2.24, 2.45) is 5.84 Å². The number of halogens is 1. The van der Waals surface area contributed by atoms with Crippen LogP contribution >= 0.6 is 11.6 Å². The second kappa shape index (κ2) is 7.11. The van der Waals surface area contributed by atoms with E-state index in [9.17, 15) is 4.79 Å². The van der Waals surface area contributed by atoms with Gasteiger partial charge in [0, 0.05) is 10.7 Å². The molecule has 4 nitrogen and oxygen atoms in total. The van der Waals surface area contributed by atoms with Gasteiger partial charge < -0.3 is 10.7 Å². The Morgan fingerprint density at radius 2 is 1.90 bits per heavy atom. The van der Waals surface area contributed by atoms with Crippen LogP contribution in [0.4, 0.5) is 11.4 Å². The van der Waals surface area contributed by atoms with Gasteiger partial charge in [0.25, 0.3) is 5.91 Å². The van der Waals surface area contributed by atoms with Crippen molar-refractivity contribution in [2.75, 3.05) is 10.7 Å². The van der Waals surface area contributed by atoms with Gasteiger partial charge in [0.1, 0.15) is 0 Å². The summed E-state index contributed by atoms with van der Waals surface area (Å²) in [6.07, 6.45) is 2.13. The standard InChI is InChI=1S/C16H18ClN3O/c1-2-3-11-4-7-13(8-5-11)19-16(21)14-10-12(17)6-9-15(14)20-18/h4-10,20H,2-3,18H2,1H3,(H,19,21). The molecule has 0 saturated heterocycles. The summed E-state index contributed by atoms with van der Waals surface area (Å²) >= 11 is 5.93. The number of aryl methyl sites for hydroxylation is 1. The zero-order valence-electron chi connectivity index (χ0n) is 11.8. The van der Waals surface area contributed by atoms with Crippen LogP contribution in [0.1, 0.15) is 29.3 Å². The van der Waals surface area contributed by atoms with Gasteiger partial charge in [0.15, 0.2) is 0 Å². The molecular formula is C16H18ClN3O. The number of amides is 1. The maximum atomic E-state index is 12.3. The Bertz CT molecular complexity index is 626. The molecule has 21 heavy (non-hydrogen) atoms. The molecule has 0 aliphatic carbocycles.